The van der Waals surface area contributed by atoms with Crippen molar-refractivity contribution in [2.75, 3.05) is 6.61 Å². The number of rotatable bonds is 7. The summed E-state index contributed by atoms with van der Waals surface area (Å²) >= 11 is 0. The molecule has 2 aromatic rings. The van der Waals surface area contributed by atoms with Gasteiger partial charge in [-0.3, -0.25) is 0 Å². The fourth-order valence-electron chi connectivity index (χ4n) is 1.91. The number of benzene rings is 2. The lowest BCUT2D eigenvalue weighted by Gasteiger charge is -2.13. The van der Waals surface area contributed by atoms with E-state index in [0.717, 1.165) is 5.56 Å². The topological polar surface area (TPSA) is 78.9 Å². The molecule has 0 bridgehead atoms. The molecule has 0 aliphatic heterocycles. The molecule has 0 aliphatic carbocycles. The molecule has 0 spiro atoms. The van der Waals surface area contributed by atoms with Crippen LogP contribution in [0.1, 0.15) is 22.8 Å². The first-order valence-corrected chi connectivity index (χ1v) is 7.68. The van der Waals surface area contributed by atoms with Gasteiger partial charge in [0.05, 0.1) is 5.56 Å². The van der Waals surface area contributed by atoms with Crippen molar-refractivity contribution in [1.29, 1.82) is 0 Å². The predicted octanol–water partition coefficient (Wildman–Crippen LogP) is 2.52. The molecule has 0 fully saturated rings. The van der Waals surface area contributed by atoms with E-state index >= 15 is 0 Å². The fourth-order valence-corrected chi connectivity index (χ4v) is 1.91. The van der Waals surface area contributed by atoms with Crippen molar-refractivity contribution in [3.05, 3.63) is 71.8 Å². The van der Waals surface area contributed by atoms with Crippen LogP contribution in [-0.4, -0.2) is 30.6 Å². The fraction of sp³-hybridized carbons (Fsp3) is 0.211. The largest absolute Gasteiger partial charge is 0.458 e. The molecule has 1 atom stereocenters. The molecule has 2 rings (SSSR count). The maximum Gasteiger partial charge on any atom is 0.347 e. The van der Waals surface area contributed by atoms with Gasteiger partial charge >= 0.3 is 17.9 Å². The van der Waals surface area contributed by atoms with Gasteiger partial charge in [-0.15, -0.1) is 0 Å². The van der Waals surface area contributed by atoms with Crippen molar-refractivity contribution >= 4 is 17.9 Å². The minimum absolute atomic E-state index is 0.0879. The molecule has 0 radical (unpaired) electrons. The summed E-state index contributed by atoms with van der Waals surface area (Å²) in [4.78, 5) is 35.2. The van der Waals surface area contributed by atoms with Gasteiger partial charge < -0.3 is 14.2 Å². The molecular formula is C19H18O6. The first-order chi connectivity index (χ1) is 12.1. The molecule has 0 aliphatic rings. The minimum Gasteiger partial charge on any atom is -0.458 e. The number of carbonyl (C=O) groups is 3. The minimum atomic E-state index is -1.09. The molecule has 6 heteroatoms. The summed E-state index contributed by atoms with van der Waals surface area (Å²) in [5.74, 6) is -2.14. The van der Waals surface area contributed by atoms with Gasteiger partial charge in [0.1, 0.15) is 6.61 Å². The molecule has 0 aromatic heterocycles. The number of esters is 3. The number of hydrogen-bond donors (Lipinski definition) is 0. The maximum absolute atomic E-state index is 11.8. The van der Waals surface area contributed by atoms with Crippen LogP contribution in [0.15, 0.2) is 60.7 Å². The van der Waals surface area contributed by atoms with Crippen LogP contribution in [0.2, 0.25) is 0 Å². The van der Waals surface area contributed by atoms with Gasteiger partial charge in [0, 0.05) is 0 Å². The Morgan fingerprint density at radius 1 is 0.880 bits per heavy atom. The Balaban J connectivity index is 1.72. The summed E-state index contributed by atoms with van der Waals surface area (Å²) in [6.45, 7) is 0.902. The third-order valence-electron chi connectivity index (χ3n) is 3.19. The molecule has 0 N–H and O–H groups in total. The second kappa shape index (κ2) is 9.22. The Hall–Kier alpha value is -3.15. The lowest BCUT2D eigenvalue weighted by atomic mass is 10.2. The monoisotopic (exact) mass is 342 g/mol. The Morgan fingerprint density at radius 2 is 1.48 bits per heavy atom. The van der Waals surface area contributed by atoms with E-state index in [1.54, 1.807) is 30.3 Å². The Kier molecular flexibility index (Phi) is 6.71. The number of ether oxygens (including phenoxy) is 3. The maximum atomic E-state index is 11.8. The van der Waals surface area contributed by atoms with E-state index in [2.05, 4.69) is 0 Å². The molecule has 130 valence electrons. The number of hydrogen-bond acceptors (Lipinski definition) is 6. The molecule has 2 aromatic carbocycles. The zero-order valence-electron chi connectivity index (χ0n) is 13.7. The zero-order chi connectivity index (χ0) is 18.1. The molecule has 0 unspecified atom stereocenters. The highest BCUT2D eigenvalue weighted by atomic mass is 16.6. The van der Waals surface area contributed by atoms with Crippen LogP contribution in [-0.2, 0) is 30.4 Å². The van der Waals surface area contributed by atoms with Gasteiger partial charge in [-0.05, 0) is 24.6 Å². The standard InChI is InChI=1S/C19H18O6/c1-14(18(21)23-12-15-8-4-2-5-9-15)25-17(20)13-24-19(22)16-10-6-3-7-11-16/h2-11,14H,12-13H2,1H3/t14-/m1/s1. The predicted molar refractivity (Wildman–Crippen MR) is 88.5 cm³/mol. The second-order valence-electron chi connectivity index (χ2n) is 5.17. The van der Waals surface area contributed by atoms with E-state index in [0.29, 0.717) is 5.56 Å². The van der Waals surface area contributed by atoms with E-state index in [1.165, 1.54) is 6.92 Å². The molecular weight excluding hydrogens is 324 g/mol. The molecule has 25 heavy (non-hydrogen) atoms. The smallest absolute Gasteiger partial charge is 0.347 e. The van der Waals surface area contributed by atoms with E-state index < -0.39 is 30.6 Å². The van der Waals surface area contributed by atoms with Crippen molar-refractivity contribution in [1.82, 2.24) is 0 Å². The third kappa shape index (κ3) is 6.10. The highest BCUT2D eigenvalue weighted by molar-refractivity contribution is 5.90. The molecule has 6 nitrogen and oxygen atoms in total. The van der Waals surface area contributed by atoms with Crippen LogP contribution in [0.25, 0.3) is 0 Å². The Labute approximate surface area is 145 Å². The summed E-state index contributed by atoms with van der Waals surface area (Å²) in [5.41, 5.74) is 1.15. The van der Waals surface area contributed by atoms with Crippen LogP contribution in [0.5, 0.6) is 0 Å². The molecule has 0 amide bonds. The molecule has 0 saturated heterocycles. The van der Waals surface area contributed by atoms with Crippen molar-refractivity contribution in [2.45, 2.75) is 19.6 Å². The normalized spacial score (nSPS) is 11.2. The van der Waals surface area contributed by atoms with Crippen molar-refractivity contribution in [3.8, 4) is 0 Å². The average molecular weight is 342 g/mol. The summed E-state index contributed by atoms with van der Waals surface area (Å²) in [7, 11) is 0. The average Bonchev–Trinajstić information content (AvgIpc) is 2.65. The Bertz CT molecular complexity index is 711. The van der Waals surface area contributed by atoms with Crippen LogP contribution in [0.3, 0.4) is 0 Å². The lowest BCUT2D eigenvalue weighted by molar-refractivity contribution is -0.169. The van der Waals surface area contributed by atoms with Gasteiger partial charge in [0.25, 0.3) is 0 Å². The summed E-state index contributed by atoms with van der Waals surface area (Å²) in [6, 6.07) is 17.4. The highest BCUT2D eigenvalue weighted by Crippen LogP contribution is 2.05. The Morgan fingerprint density at radius 3 is 2.12 bits per heavy atom. The number of carbonyl (C=O) groups excluding carboxylic acids is 3. The van der Waals surface area contributed by atoms with Crippen molar-refractivity contribution in [3.63, 3.8) is 0 Å². The first kappa shape index (κ1) is 18.2. The summed E-state index contributed by atoms with van der Waals surface area (Å²) in [6.07, 6.45) is -1.09. The van der Waals surface area contributed by atoms with Crippen LogP contribution >= 0.6 is 0 Å². The van der Waals surface area contributed by atoms with Crippen LogP contribution in [0.4, 0.5) is 0 Å². The van der Waals surface area contributed by atoms with Gasteiger partial charge in [0.15, 0.2) is 12.7 Å². The SMILES string of the molecule is C[C@@H](OC(=O)COC(=O)c1ccccc1)C(=O)OCc1ccccc1. The van der Waals surface area contributed by atoms with Gasteiger partial charge in [-0.1, -0.05) is 48.5 Å². The van der Waals surface area contributed by atoms with E-state index in [1.807, 2.05) is 30.3 Å². The van der Waals surface area contributed by atoms with E-state index in [4.69, 9.17) is 14.2 Å². The molecule has 0 saturated carbocycles. The van der Waals surface area contributed by atoms with Gasteiger partial charge in [-0.2, -0.15) is 0 Å². The summed E-state index contributed by atoms with van der Waals surface area (Å²) in [5, 5.41) is 0. The van der Waals surface area contributed by atoms with Crippen LogP contribution in [0, 0.1) is 0 Å². The molecule has 0 heterocycles. The quantitative estimate of drug-likeness (QED) is 0.568. The highest BCUT2D eigenvalue weighted by Gasteiger charge is 2.20. The third-order valence-corrected chi connectivity index (χ3v) is 3.19. The van der Waals surface area contributed by atoms with Gasteiger partial charge in [-0.25, -0.2) is 14.4 Å². The van der Waals surface area contributed by atoms with Crippen molar-refractivity contribution in [2.24, 2.45) is 0 Å². The van der Waals surface area contributed by atoms with E-state index in [9.17, 15) is 14.4 Å². The lowest BCUT2D eigenvalue weighted by Crippen LogP contribution is -2.28. The van der Waals surface area contributed by atoms with Crippen LogP contribution < -0.4 is 0 Å². The summed E-state index contributed by atoms with van der Waals surface area (Å²) < 4.78 is 14.8. The van der Waals surface area contributed by atoms with E-state index in [-0.39, 0.29) is 6.61 Å². The van der Waals surface area contributed by atoms with Gasteiger partial charge in [0.2, 0.25) is 0 Å². The first-order valence-electron chi connectivity index (χ1n) is 7.68. The van der Waals surface area contributed by atoms with Crippen molar-refractivity contribution < 1.29 is 28.6 Å². The zero-order valence-corrected chi connectivity index (χ0v) is 13.7. The second-order valence-corrected chi connectivity index (χ2v) is 5.17.